The van der Waals surface area contributed by atoms with Gasteiger partial charge in [0.15, 0.2) is 11.5 Å². The van der Waals surface area contributed by atoms with Crippen molar-refractivity contribution < 1.29 is 9.47 Å². The predicted molar refractivity (Wildman–Crippen MR) is 89.1 cm³/mol. The summed E-state index contributed by atoms with van der Waals surface area (Å²) in [4.78, 5) is 0. The molecule has 0 spiro atoms. The summed E-state index contributed by atoms with van der Waals surface area (Å²) < 4.78 is 11.9. The third kappa shape index (κ3) is 4.07. The highest BCUT2D eigenvalue weighted by atomic mass is 35.5. The van der Waals surface area contributed by atoms with Crippen LogP contribution in [-0.4, -0.2) is 19.2 Å². The molecule has 3 rings (SSSR count). The minimum atomic E-state index is 0.159. The summed E-state index contributed by atoms with van der Waals surface area (Å²) in [7, 11) is 0. The Morgan fingerprint density at radius 1 is 1.05 bits per heavy atom. The Hall–Kier alpha value is -1.42. The molecule has 5 heteroatoms. The monoisotopic (exact) mass is 337 g/mol. The molecule has 1 aliphatic heterocycles. The number of halogens is 2. The van der Waals surface area contributed by atoms with E-state index in [1.54, 1.807) is 12.1 Å². The molecular formula is C17H17Cl2NO2. The van der Waals surface area contributed by atoms with E-state index in [1.165, 1.54) is 0 Å². The average Bonchev–Trinajstić information content (AvgIpc) is 2.99. The maximum absolute atomic E-state index is 6.07. The van der Waals surface area contributed by atoms with Gasteiger partial charge in [-0.15, -0.1) is 0 Å². The lowest BCUT2D eigenvalue weighted by Crippen LogP contribution is -2.19. The quantitative estimate of drug-likeness (QED) is 0.881. The number of benzene rings is 2. The second-order valence-electron chi connectivity index (χ2n) is 5.24. The molecular weight excluding hydrogens is 321 g/mol. The molecule has 0 bridgehead atoms. The molecule has 1 saturated heterocycles. The van der Waals surface area contributed by atoms with Crippen LogP contribution in [0.15, 0.2) is 42.5 Å². The highest BCUT2D eigenvalue weighted by molar-refractivity contribution is 6.31. The van der Waals surface area contributed by atoms with Crippen LogP contribution in [0.3, 0.4) is 0 Å². The minimum Gasteiger partial charge on any atom is -0.485 e. The minimum absolute atomic E-state index is 0.159. The number of hydrogen-bond donors (Lipinski definition) is 1. The molecule has 2 aromatic carbocycles. The lowest BCUT2D eigenvalue weighted by molar-refractivity contribution is 0.204. The van der Waals surface area contributed by atoms with Crippen LogP contribution < -0.4 is 14.8 Å². The Kier molecular flexibility index (Phi) is 5.08. The average molecular weight is 338 g/mol. The lowest BCUT2D eigenvalue weighted by Gasteiger charge is -2.17. The fraction of sp³-hybridized carbons (Fsp3) is 0.294. The van der Waals surface area contributed by atoms with Gasteiger partial charge in [0.1, 0.15) is 12.7 Å². The van der Waals surface area contributed by atoms with Crippen molar-refractivity contribution in [3.8, 4) is 11.5 Å². The van der Waals surface area contributed by atoms with E-state index in [9.17, 15) is 0 Å². The van der Waals surface area contributed by atoms with Crippen molar-refractivity contribution in [1.29, 1.82) is 0 Å². The van der Waals surface area contributed by atoms with Crippen LogP contribution in [0, 0.1) is 0 Å². The van der Waals surface area contributed by atoms with Crippen LogP contribution in [0.2, 0.25) is 10.0 Å². The first-order valence-electron chi connectivity index (χ1n) is 7.25. The van der Waals surface area contributed by atoms with Gasteiger partial charge < -0.3 is 14.8 Å². The first kappa shape index (κ1) is 15.5. The standard InChI is InChI=1S/C17H17Cl2NO2/c18-13-3-1-2-12(8-13)11-21-16-5-4-14(19)9-17(16)22-15-6-7-20-10-15/h1-5,8-9,15,20H,6-7,10-11H2/t15-/m1/s1. The van der Waals surface area contributed by atoms with Gasteiger partial charge in [-0.05, 0) is 42.8 Å². The summed E-state index contributed by atoms with van der Waals surface area (Å²) in [6, 6.07) is 13.0. The SMILES string of the molecule is Clc1cccc(COc2ccc(Cl)cc2O[C@@H]2CCNC2)c1. The van der Waals surface area contributed by atoms with Crippen LogP contribution in [0.5, 0.6) is 11.5 Å². The van der Waals surface area contributed by atoms with Crippen molar-refractivity contribution in [1.82, 2.24) is 5.32 Å². The zero-order chi connectivity index (χ0) is 15.4. The summed E-state index contributed by atoms with van der Waals surface area (Å²) in [5, 5.41) is 4.61. The van der Waals surface area contributed by atoms with Gasteiger partial charge in [0.25, 0.3) is 0 Å². The fourth-order valence-electron chi connectivity index (χ4n) is 2.39. The highest BCUT2D eigenvalue weighted by Crippen LogP contribution is 2.32. The molecule has 2 aromatic rings. The van der Waals surface area contributed by atoms with E-state index >= 15 is 0 Å². The summed E-state index contributed by atoms with van der Waals surface area (Å²) in [6.07, 6.45) is 1.15. The maximum atomic E-state index is 6.07. The number of nitrogens with one attached hydrogen (secondary N) is 1. The number of rotatable bonds is 5. The Balaban J connectivity index is 1.71. The maximum Gasteiger partial charge on any atom is 0.163 e. The van der Waals surface area contributed by atoms with Gasteiger partial charge in [-0.2, -0.15) is 0 Å². The van der Waals surface area contributed by atoms with Crippen molar-refractivity contribution in [3.05, 3.63) is 58.1 Å². The molecule has 1 aliphatic rings. The van der Waals surface area contributed by atoms with Gasteiger partial charge in [0, 0.05) is 22.7 Å². The van der Waals surface area contributed by atoms with Crippen molar-refractivity contribution in [2.45, 2.75) is 19.1 Å². The Bertz CT molecular complexity index is 642. The van der Waals surface area contributed by atoms with Gasteiger partial charge in [0.2, 0.25) is 0 Å². The lowest BCUT2D eigenvalue weighted by atomic mass is 10.2. The van der Waals surface area contributed by atoms with E-state index in [4.69, 9.17) is 32.7 Å². The molecule has 3 nitrogen and oxygen atoms in total. The molecule has 1 atom stereocenters. The van der Waals surface area contributed by atoms with E-state index in [0.717, 1.165) is 25.1 Å². The van der Waals surface area contributed by atoms with Gasteiger partial charge in [0.05, 0.1) is 0 Å². The molecule has 0 saturated carbocycles. The Morgan fingerprint density at radius 3 is 2.68 bits per heavy atom. The van der Waals surface area contributed by atoms with Gasteiger partial charge >= 0.3 is 0 Å². The zero-order valence-electron chi connectivity index (χ0n) is 12.0. The van der Waals surface area contributed by atoms with Gasteiger partial charge in [-0.3, -0.25) is 0 Å². The Labute approximate surface area is 140 Å². The van der Waals surface area contributed by atoms with Gasteiger partial charge in [-0.1, -0.05) is 35.3 Å². The first-order chi connectivity index (χ1) is 10.7. The summed E-state index contributed by atoms with van der Waals surface area (Å²) in [5.41, 5.74) is 1.01. The first-order valence-corrected chi connectivity index (χ1v) is 8.00. The summed E-state index contributed by atoms with van der Waals surface area (Å²) in [6.45, 7) is 2.26. The molecule has 0 radical (unpaired) electrons. The van der Waals surface area contributed by atoms with Gasteiger partial charge in [-0.25, -0.2) is 0 Å². The molecule has 1 fully saturated rings. The molecule has 1 heterocycles. The van der Waals surface area contributed by atoms with E-state index in [0.29, 0.717) is 28.2 Å². The van der Waals surface area contributed by atoms with Crippen LogP contribution in [0.25, 0.3) is 0 Å². The van der Waals surface area contributed by atoms with Crippen LogP contribution in [-0.2, 0) is 6.61 Å². The molecule has 1 N–H and O–H groups in total. The normalized spacial score (nSPS) is 17.5. The molecule has 0 aliphatic carbocycles. The summed E-state index contributed by atoms with van der Waals surface area (Å²) >= 11 is 12.1. The molecule has 0 aromatic heterocycles. The smallest absolute Gasteiger partial charge is 0.163 e. The van der Waals surface area contributed by atoms with Crippen molar-refractivity contribution in [2.24, 2.45) is 0 Å². The van der Waals surface area contributed by atoms with Crippen molar-refractivity contribution >= 4 is 23.2 Å². The van der Waals surface area contributed by atoms with Crippen LogP contribution in [0.1, 0.15) is 12.0 Å². The summed E-state index contributed by atoms with van der Waals surface area (Å²) in [5.74, 6) is 1.37. The van der Waals surface area contributed by atoms with Crippen molar-refractivity contribution in [3.63, 3.8) is 0 Å². The van der Waals surface area contributed by atoms with Crippen molar-refractivity contribution in [2.75, 3.05) is 13.1 Å². The molecule has 0 unspecified atom stereocenters. The second kappa shape index (κ2) is 7.23. The highest BCUT2D eigenvalue weighted by Gasteiger charge is 2.18. The van der Waals surface area contributed by atoms with E-state index in [1.807, 2.05) is 30.3 Å². The molecule has 0 amide bonds. The zero-order valence-corrected chi connectivity index (χ0v) is 13.5. The second-order valence-corrected chi connectivity index (χ2v) is 6.12. The molecule has 116 valence electrons. The molecule has 22 heavy (non-hydrogen) atoms. The number of hydrogen-bond acceptors (Lipinski definition) is 3. The predicted octanol–water partition coefficient (Wildman–Crippen LogP) is 4.31. The largest absolute Gasteiger partial charge is 0.485 e. The number of ether oxygens (including phenoxy) is 2. The van der Waals surface area contributed by atoms with Crippen LogP contribution >= 0.6 is 23.2 Å². The van der Waals surface area contributed by atoms with E-state index in [-0.39, 0.29) is 6.10 Å². The Morgan fingerprint density at radius 2 is 1.91 bits per heavy atom. The topological polar surface area (TPSA) is 30.5 Å². The van der Waals surface area contributed by atoms with E-state index in [2.05, 4.69) is 5.32 Å². The third-order valence-electron chi connectivity index (χ3n) is 3.50. The third-order valence-corrected chi connectivity index (χ3v) is 3.97. The van der Waals surface area contributed by atoms with Crippen LogP contribution in [0.4, 0.5) is 0 Å². The van der Waals surface area contributed by atoms with E-state index < -0.39 is 0 Å². The fourth-order valence-corrected chi connectivity index (χ4v) is 2.76.